The van der Waals surface area contributed by atoms with E-state index in [2.05, 4.69) is 9.72 Å². The first-order valence-corrected chi connectivity index (χ1v) is 11.6. The third-order valence-electron chi connectivity index (χ3n) is 4.38. The van der Waals surface area contributed by atoms with Gasteiger partial charge in [0.05, 0.1) is 22.8 Å². The summed E-state index contributed by atoms with van der Waals surface area (Å²) < 4.78 is 61.5. The first kappa shape index (κ1) is 20.8. The summed E-state index contributed by atoms with van der Waals surface area (Å²) in [6.45, 7) is -2.42. The summed E-state index contributed by atoms with van der Waals surface area (Å²) in [7, 11) is -3.62. The largest absolute Gasteiger partial charge is 0.489 e. The molecule has 3 aromatic rings. The Morgan fingerprint density at radius 1 is 1.23 bits per heavy atom. The quantitative estimate of drug-likeness (QED) is 0.508. The minimum absolute atomic E-state index is 0.0779. The Kier molecular flexibility index (Phi) is 5.81. The van der Waals surface area contributed by atoms with Crippen LogP contribution in [0.2, 0.25) is 5.02 Å². The number of nitrogens with zero attached hydrogens (tertiary/aromatic N) is 2. The molecule has 1 aliphatic rings. The van der Waals surface area contributed by atoms with Crippen LogP contribution in [0.15, 0.2) is 52.9 Å². The summed E-state index contributed by atoms with van der Waals surface area (Å²) in [5.41, 5.74) is 0.915. The molecule has 0 spiro atoms. The molecule has 0 aliphatic carbocycles. The van der Waals surface area contributed by atoms with E-state index in [0.717, 1.165) is 0 Å². The van der Waals surface area contributed by atoms with Crippen LogP contribution in [0.4, 0.5) is 20.2 Å². The number of rotatable bonds is 6. The van der Waals surface area contributed by atoms with E-state index < -0.39 is 16.4 Å². The average molecular weight is 473 g/mol. The zero-order valence-corrected chi connectivity index (χ0v) is 17.7. The standard InChI is InChI=1S/C19H15ClF2N2O4S2/c20-12-1-3-15(17(9-12)28-19(21)22)24-6-7-27-16-10-13(2-4-14(16)24)30(25,26)11-18-23-5-8-29-18/h1-5,8-10,19H,6-7,11H2. The van der Waals surface area contributed by atoms with Gasteiger partial charge in [0.15, 0.2) is 15.6 Å². The van der Waals surface area contributed by atoms with Crippen LogP contribution in [0.5, 0.6) is 11.5 Å². The number of fused-ring (bicyclic) bond motifs is 1. The molecule has 30 heavy (non-hydrogen) atoms. The summed E-state index contributed by atoms with van der Waals surface area (Å²) in [4.78, 5) is 5.84. The maximum absolute atomic E-state index is 12.9. The second-order valence-corrected chi connectivity index (χ2v) is 9.71. The molecule has 2 aromatic carbocycles. The maximum atomic E-state index is 12.9. The summed E-state index contributed by atoms with van der Waals surface area (Å²) in [6.07, 6.45) is 1.55. The number of aromatic nitrogens is 1. The molecule has 0 bridgehead atoms. The lowest BCUT2D eigenvalue weighted by molar-refractivity contribution is -0.0494. The Morgan fingerprint density at radius 2 is 2.03 bits per heavy atom. The van der Waals surface area contributed by atoms with Crippen LogP contribution < -0.4 is 14.4 Å². The molecule has 4 rings (SSSR count). The lowest BCUT2D eigenvalue weighted by Crippen LogP contribution is -2.29. The van der Waals surface area contributed by atoms with E-state index >= 15 is 0 Å². The minimum atomic E-state index is -3.62. The topological polar surface area (TPSA) is 68.7 Å². The Labute approximate surface area is 180 Å². The molecule has 0 atom stereocenters. The molecule has 0 radical (unpaired) electrons. The number of hydrogen-bond acceptors (Lipinski definition) is 7. The van der Waals surface area contributed by atoms with Gasteiger partial charge >= 0.3 is 6.61 Å². The van der Waals surface area contributed by atoms with Gasteiger partial charge in [0, 0.05) is 28.7 Å². The van der Waals surface area contributed by atoms with Crippen LogP contribution in [0.1, 0.15) is 5.01 Å². The first-order chi connectivity index (χ1) is 14.3. The van der Waals surface area contributed by atoms with Crippen molar-refractivity contribution in [2.24, 2.45) is 0 Å². The van der Waals surface area contributed by atoms with Crippen molar-refractivity contribution in [1.29, 1.82) is 0 Å². The van der Waals surface area contributed by atoms with E-state index in [1.165, 1.54) is 29.5 Å². The molecule has 1 aliphatic heterocycles. The molecular formula is C19H15ClF2N2O4S2. The zero-order chi connectivity index (χ0) is 21.3. The van der Waals surface area contributed by atoms with Crippen LogP contribution in [0, 0.1) is 0 Å². The van der Waals surface area contributed by atoms with Gasteiger partial charge in [-0.15, -0.1) is 11.3 Å². The molecular weight excluding hydrogens is 458 g/mol. The second-order valence-electron chi connectivity index (χ2n) is 6.31. The molecule has 2 heterocycles. The van der Waals surface area contributed by atoms with Gasteiger partial charge in [-0.2, -0.15) is 8.78 Å². The fraction of sp³-hybridized carbons (Fsp3) is 0.211. The molecule has 0 saturated heterocycles. The number of hydrogen-bond donors (Lipinski definition) is 0. The molecule has 0 amide bonds. The Hall–Kier alpha value is -2.43. The summed E-state index contributed by atoms with van der Waals surface area (Å²) in [6, 6.07) is 8.94. The van der Waals surface area contributed by atoms with Crippen molar-refractivity contribution in [3.05, 3.63) is 58.0 Å². The van der Waals surface area contributed by atoms with Gasteiger partial charge in [-0.3, -0.25) is 0 Å². The summed E-state index contributed by atoms with van der Waals surface area (Å²) in [5, 5.41) is 2.46. The minimum Gasteiger partial charge on any atom is -0.489 e. The maximum Gasteiger partial charge on any atom is 0.387 e. The predicted molar refractivity (Wildman–Crippen MR) is 110 cm³/mol. The van der Waals surface area contributed by atoms with Gasteiger partial charge in [0.2, 0.25) is 0 Å². The lowest BCUT2D eigenvalue weighted by atomic mass is 10.2. The van der Waals surface area contributed by atoms with Gasteiger partial charge in [-0.05, 0) is 24.3 Å². The highest BCUT2D eigenvalue weighted by atomic mass is 35.5. The normalized spacial score (nSPS) is 13.8. The van der Waals surface area contributed by atoms with E-state index in [0.29, 0.717) is 28.7 Å². The molecule has 158 valence electrons. The number of sulfone groups is 1. The lowest BCUT2D eigenvalue weighted by Gasteiger charge is -2.32. The van der Waals surface area contributed by atoms with Crippen molar-refractivity contribution in [3.8, 4) is 11.5 Å². The molecule has 11 heteroatoms. The van der Waals surface area contributed by atoms with E-state index in [1.54, 1.807) is 34.7 Å². The zero-order valence-electron chi connectivity index (χ0n) is 15.3. The van der Waals surface area contributed by atoms with Crippen molar-refractivity contribution < 1.29 is 26.7 Å². The highest BCUT2D eigenvalue weighted by Crippen LogP contribution is 2.43. The number of ether oxygens (including phenoxy) is 2. The fourth-order valence-corrected chi connectivity index (χ4v) is 5.54. The Bertz CT molecular complexity index is 1160. The van der Waals surface area contributed by atoms with Crippen LogP contribution in [0.3, 0.4) is 0 Å². The SMILES string of the molecule is O=S(=O)(Cc1nccs1)c1ccc2c(c1)OCCN2c1ccc(Cl)cc1OC(F)F. The van der Waals surface area contributed by atoms with E-state index in [9.17, 15) is 17.2 Å². The van der Waals surface area contributed by atoms with E-state index in [4.69, 9.17) is 16.3 Å². The summed E-state index contributed by atoms with van der Waals surface area (Å²) >= 11 is 7.19. The molecule has 0 fully saturated rings. The number of thiazole rings is 1. The molecule has 0 unspecified atom stereocenters. The number of halogens is 3. The predicted octanol–water partition coefficient (Wildman–Crippen LogP) is 4.90. The van der Waals surface area contributed by atoms with Crippen molar-refractivity contribution in [1.82, 2.24) is 4.98 Å². The third kappa shape index (κ3) is 4.35. The smallest absolute Gasteiger partial charge is 0.387 e. The molecule has 1 aromatic heterocycles. The molecule has 0 saturated carbocycles. The molecule has 6 nitrogen and oxygen atoms in total. The average Bonchev–Trinajstić information content (AvgIpc) is 3.19. The first-order valence-electron chi connectivity index (χ1n) is 8.73. The highest BCUT2D eigenvalue weighted by Gasteiger charge is 2.26. The highest BCUT2D eigenvalue weighted by molar-refractivity contribution is 7.90. The number of anilines is 2. The monoisotopic (exact) mass is 472 g/mol. The van der Waals surface area contributed by atoms with Gasteiger partial charge in [-0.1, -0.05) is 11.6 Å². The Balaban J connectivity index is 1.69. The van der Waals surface area contributed by atoms with E-state index in [1.807, 2.05) is 0 Å². The molecule has 0 N–H and O–H groups in total. The van der Waals surface area contributed by atoms with Crippen LogP contribution >= 0.6 is 22.9 Å². The Morgan fingerprint density at radius 3 is 2.77 bits per heavy atom. The van der Waals surface area contributed by atoms with Crippen molar-refractivity contribution in [3.63, 3.8) is 0 Å². The van der Waals surface area contributed by atoms with Crippen LogP contribution in [-0.4, -0.2) is 33.2 Å². The second kappa shape index (κ2) is 8.37. The van der Waals surface area contributed by atoms with Crippen molar-refractivity contribution in [2.45, 2.75) is 17.3 Å². The van der Waals surface area contributed by atoms with Gasteiger partial charge in [0.1, 0.15) is 23.1 Å². The number of benzene rings is 2. The van der Waals surface area contributed by atoms with Gasteiger partial charge in [-0.25, -0.2) is 13.4 Å². The van der Waals surface area contributed by atoms with Crippen molar-refractivity contribution in [2.75, 3.05) is 18.1 Å². The van der Waals surface area contributed by atoms with Crippen LogP contribution in [0.25, 0.3) is 0 Å². The van der Waals surface area contributed by atoms with Crippen molar-refractivity contribution >= 4 is 44.1 Å². The van der Waals surface area contributed by atoms with Gasteiger partial charge < -0.3 is 14.4 Å². The third-order valence-corrected chi connectivity index (χ3v) is 7.20. The van der Waals surface area contributed by atoms with E-state index in [-0.39, 0.29) is 28.0 Å². The summed E-state index contributed by atoms with van der Waals surface area (Å²) in [5.74, 6) is 0.0433. The van der Waals surface area contributed by atoms with Crippen LogP contribution in [-0.2, 0) is 15.6 Å². The number of alkyl halides is 2. The fourth-order valence-electron chi connectivity index (χ4n) is 3.12. The van der Waals surface area contributed by atoms with Gasteiger partial charge in [0.25, 0.3) is 0 Å².